The zero-order valence-electron chi connectivity index (χ0n) is 17.9. The first-order valence-electron chi connectivity index (χ1n) is 10.7. The molecule has 0 aromatic heterocycles. The standard InChI is InChI=1S/C24H25N3O5/c1-3-14(2)20(23(30)31)25-21(28)15-8-10-18(11-9-15)27-22(29)19-12-16-6-4-5-7-17(16)13-26(19)24(27)32/h4-11,14,19-20H,3,12-13H2,1-2H3,(H,25,28)(H,30,31)/t14-,19+,20+/m1/s1. The summed E-state index contributed by atoms with van der Waals surface area (Å²) in [5.74, 6) is -2.12. The summed E-state index contributed by atoms with van der Waals surface area (Å²) in [6, 6.07) is 11.9. The van der Waals surface area contributed by atoms with Crippen LogP contribution in [0.15, 0.2) is 48.5 Å². The summed E-state index contributed by atoms with van der Waals surface area (Å²) >= 11 is 0. The van der Waals surface area contributed by atoms with E-state index in [-0.39, 0.29) is 23.4 Å². The average molecular weight is 435 g/mol. The van der Waals surface area contributed by atoms with Gasteiger partial charge in [0.25, 0.3) is 11.8 Å². The summed E-state index contributed by atoms with van der Waals surface area (Å²) in [5, 5.41) is 11.9. The molecule has 2 aliphatic rings. The summed E-state index contributed by atoms with van der Waals surface area (Å²) in [5.41, 5.74) is 2.74. The number of carboxylic acid groups (broad SMARTS) is 1. The van der Waals surface area contributed by atoms with Crippen molar-refractivity contribution in [3.63, 3.8) is 0 Å². The molecular formula is C24H25N3O5. The van der Waals surface area contributed by atoms with Gasteiger partial charge in [-0.2, -0.15) is 0 Å². The lowest BCUT2D eigenvalue weighted by Gasteiger charge is -2.28. The summed E-state index contributed by atoms with van der Waals surface area (Å²) < 4.78 is 0. The highest BCUT2D eigenvalue weighted by atomic mass is 16.4. The molecule has 8 heteroatoms. The Balaban J connectivity index is 1.51. The highest BCUT2D eigenvalue weighted by molar-refractivity contribution is 6.21. The van der Waals surface area contributed by atoms with Crippen LogP contribution in [0.1, 0.15) is 41.8 Å². The Kier molecular flexibility index (Phi) is 5.69. The molecule has 0 unspecified atom stereocenters. The van der Waals surface area contributed by atoms with Crippen LogP contribution in [-0.2, 0) is 22.6 Å². The first-order chi connectivity index (χ1) is 15.3. The number of nitrogens with one attached hydrogen (secondary N) is 1. The maximum atomic E-state index is 13.0. The predicted molar refractivity (Wildman–Crippen MR) is 117 cm³/mol. The van der Waals surface area contributed by atoms with Gasteiger partial charge in [0.1, 0.15) is 12.1 Å². The van der Waals surface area contributed by atoms with E-state index in [1.54, 1.807) is 11.8 Å². The van der Waals surface area contributed by atoms with E-state index in [9.17, 15) is 24.3 Å². The van der Waals surface area contributed by atoms with Gasteiger partial charge in [-0.15, -0.1) is 0 Å². The number of urea groups is 1. The van der Waals surface area contributed by atoms with E-state index >= 15 is 0 Å². The lowest BCUT2D eigenvalue weighted by Crippen LogP contribution is -2.45. The van der Waals surface area contributed by atoms with Gasteiger partial charge in [0, 0.05) is 18.5 Å². The third kappa shape index (κ3) is 3.72. The maximum absolute atomic E-state index is 13.0. The highest BCUT2D eigenvalue weighted by Gasteiger charge is 2.47. The van der Waals surface area contributed by atoms with Crippen molar-refractivity contribution in [3.8, 4) is 0 Å². The number of rotatable bonds is 6. The zero-order chi connectivity index (χ0) is 23.0. The van der Waals surface area contributed by atoms with Crippen LogP contribution in [0.2, 0.25) is 0 Å². The Hall–Kier alpha value is -3.68. The molecular weight excluding hydrogens is 410 g/mol. The van der Waals surface area contributed by atoms with Crippen LogP contribution in [-0.4, -0.2) is 45.9 Å². The fourth-order valence-electron chi connectivity index (χ4n) is 4.22. The Morgan fingerprint density at radius 2 is 1.75 bits per heavy atom. The number of fused-ring (bicyclic) bond motifs is 2. The molecule has 2 heterocycles. The van der Waals surface area contributed by atoms with Crippen LogP contribution in [0.3, 0.4) is 0 Å². The number of benzene rings is 2. The molecule has 3 atom stereocenters. The van der Waals surface area contributed by atoms with Gasteiger partial charge >= 0.3 is 12.0 Å². The molecule has 1 saturated heterocycles. The molecule has 32 heavy (non-hydrogen) atoms. The third-order valence-electron chi connectivity index (χ3n) is 6.34. The Morgan fingerprint density at radius 3 is 2.38 bits per heavy atom. The van der Waals surface area contributed by atoms with Crippen molar-refractivity contribution in [3.05, 3.63) is 65.2 Å². The molecule has 2 aromatic rings. The lowest BCUT2D eigenvalue weighted by atomic mass is 9.95. The topological polar surface area (TPSA) is 107 Å². The summed E-state index contributed by atoms with van der Waals surface area (Å²) in [6.07, 6.45) is 1.08. The summed E-state index contributed by atoms with van der Waals surface area (Å²) in [7, 11) is 0. The van der Waals surface area contributed by atoms with Gasteiger partial charge in [0.05, 0.1) is 5.69 Å². The van der Waals surface area contributed by atoms with Gasteiger partial charge in [-0.25, -0.2) is 14.5 Å². The van der Waals surface area contributed by atoms with Crippen LogP contribution in [0, 0.1) is 5.92 Å². The molecule has 4 rings (SSSR count). The minimum atomic E-state index is -1.09. The number of anilines is 1. The van der Waals surface area contributed by atoms with E-state index in [0.717, 1.165) is 16.0 Å². The second-order valence-corrected chi connectivity index (χ2v) is 8.29. The van der Waals surface area contributed by atoms with Crippen molar-refractivity contribution in [1.82, 2.24) is 10.2 Å². The molecule has 0 radical (unpaired) electrons. The van der Waals surface area contributed by atoms with E-state index in [1.807, 2.05) is 31.2 Å². The first-order valence-corrected chi connectivity index (χ1v) is 10.7. The number of hydrogen-bond acceptors (Lipinski definition) is 4. The van der Waals surface area contributed by atoms with E-state index in [2.05, 4.69) is 5.32 Å². The maximum Gasteiger partial charge on any atom is 0.332 e. The van der Waals surface area contributed by atoms with Crippen molar-refractivity contribution < 1.29 is 24.3 Å². The minimum Gasteiger partial charge on any atom is -0.480 e. The summed E-state index contributed by atoms with van der Waals surface area (Å²) in [4.78, 5) is 52.8. The number of carboxylic acids is 1. The molecule has 2 aliphatic heterocycles. The minimum absolute atomic E-state index is 0.225. The molecule has 2 N–H and O–H groups in total. The van der Waals surface area contributed by atoms with E-state index in [1.165, 1.54) is 24.3 Å². The van der Waals surface area contributed by atoms with Gasteiger partial charge in [-0.05, 0) is 41.3 Å². The molecule has 0 saturated carbocycles. The number of carbonyl (C=O) groups excluding carboxylic acids is 3. The Bertz CT molecular complexity index is 1040. The molecule has 1 fully saturated rings. The van der Waals surface area contributed by atoms with E-state index in [4.69, 9.17) is 0 Å². The lowest BCUT2D eigenvalue weighted by molar-refractivity contribution is -0.140. The third-order valence-corrected chi connectivity index (χ3v) is 6.34. The van der Waals surface area contributed by atoms with Crippen LogP contribution >= 0.6 is 0 Å². The van der Waals surface area contributed by atoms with Gasteiger partial charge in [-0.3, -0.25) is 9.59 Å². The van der Waals surface area contributed by atoms with Crippen molar-refractivity contribution >= 4 is 29.5 Å². The molecule has 166 valence electrons. The second kappa shape index (κ2) is 8.45. The number of hydrogen-bond donors (Lipinski definition) is 2. The Labute approximate surface area is 185 Å². The van der Waals surface area contributed by atoms with Crippen LogP contribution in [0.4, 0.5) is 10.5 Å². The van der Waals surface area contributed by atoms with Crippen molar-refractivity contribution in [1.29, 1.82) is 0 Å². The molecule has 0 spiro atoms. The molecule has 0 bridgehead atoms. The highest BCUT2D eigenvalue weighted by Crippen LogP contribution is 2.33. The van der Waals surface area contributed by atoms with E-state index in [0.29, 0.717) is 25.1 Å². The fourth-order valence-corrected chi connectivity index (χ4v) is 4.22. The number of aliphatic carboxylic acids is 1. The van der Waals surface area contributed by atoms with Gasteiger partial charge in [0.15, 0.2) is 0 Å². The molecule has 2 aromatic carbocycles. The van der Waals surface area contributed by atoms with E-state index < -0.39 is 24.0 Å². The zero-order valence-corrected chi connectivity index (χ0v) is 17.9. The normalized spacial score (nSPS) is 19.2. The number of carbonyl (C=O) groups is 4. The largest absolute Gasteiger partial charge is 0.480 e. The second-order valence-electron chi connectivity index (χ2n) is 8.29. The number of imide groups is 1. The quantitative estimate of drug-likeness (QED) is 0.679. The van der Waals surface area contributed by atoms with Crippen LogP contribution in [0.25, 0.3) is 0 Å². The van der Waals surface area contributed by atoms with Crippen LogP contribution < -0.4 is 10.2 Å². The van der Waals surface area contributed by atoms with Crippen molar-refractivity contribution in [2.75, 3.05) is 4.90 Å². The Morgan fingerprint density at radius 1 is 1.09 bits per heavy atom. The predicted octanol–water partition coefficient (Wildman–Crippen LogP) is 2.81. The number of nitrogens with zero attached hydrogens (tertiary/aromatic N) is 2. The smallest absolute Gasteiger partial charge is 0.332 e. The van der Waals surface area contributed by atoms with Gasteiger partial charge in [-0.1, -0.05) is 44.5 Å². The molecule has 4 amide bonds. The molecule has 0 aliphatic carbocycles. The van der Waals surface area contributed by atoms with Gasteiger partial charge < -0.3 is 15.3 Å². The van der Waals surface area contributed by atoms with Crippen molar-refractivity contribution in [2.45, 2.75) is 45.3 Å². The number of amides is 4. The fraction of sp³-hybridized carbons (Fsp3) is 0.333. The average Bonchev–Trinajstić information content (AvgIpc) is 3.04. The van der Waals surface area contributed by atoms with Gasteiger partial charge in [0.2, 0.25) is 0 Å². The first kappa shape index (κ1) is 21.5. The SMILES string of the molecule is CC[C@@H](C)[C@H](NC(=O)c1ccc(N2C(=O)[C@@H]3Cc4ccccc4CN3C2=O)cc1)C(=O)O. The summed E-state index contributed by atoms with van der Waals surface area (Å²) in [6.45, 7) is 4.01. The monoisotopic (exact) mass is 435 g/mol. The molecule has 8 nitrogen and oxygen atoms in total. The van der Waals surface area contributed by atoms with Crippen LogP contribution in [0.5, 0.6) is 0 Å². The van der Waals surface area contributed by atoms with Crippen molar-refractivity contribution in [2.24, 2.45) is 5.92 Å².